The zero-order valence-electron chi connectivity index (χ0n) is 14.3. The minimum Gasteiger partial charge on any atom is -0.366 e. The maximum absolute atomic E-state index is 13.6. The van der Waals surface area contributed by atoms with Crippen LogP contribution in [0, 0.1) is 5.82 Å². The molecule has 136 valence electrons. The van der Waals surface area contributed by atoms with Crippen LogP contribution < -0.4 is 11.1 Å². The second-order valence-corrected chi connectivity index (χ2v) is 5.97. The number of nitrogens with two attached hydrogens (primary N) is 1. The van der Waals surface area contributed by atoms with Crippen molar-refractivity contribution in [1.82, 2.24) is 29.5 Å². The van der Waals surface area contributed by atoms with E-state index in [1.54, 1.807) is 41.2 Å². The molecule has 9 nitrogen and oxygen atoms in total. The van der Waals surface area contributed by atoms with E-state index in [1.165, 1.54) is 18.2 Å². The number of benzene rings is 1. The fourth-order valence-electron chi connectivity index (χ4n) is 2.75. The van der Waals surface area contributed by atoms with Gasteiger partial charge < -0.3 is 11.1 Å². The molecular formula is C17H15FN8O. The summed E-state index contributed by atoms with van der Waals surface area (Å²) in [7, 11) is 1.81. The fourth-order valence-corrected chi connectivity index (χ4v) is 2.75. The molecule has 10 heteroatoms. The molecule has 0 unspecified atom stereocenters. The molecular weight excluding hydrogens is 351 g/mol. The Morgan fingerprint density at radius 2 is 2.11 bits per heavy atom. The highest BCUT2D eigenvalue weighted by atomic mass is 19.1. The van der Waals surface area contributed by atoms with E-state index in [0.29, 0.717) is 22.5 Å². The van der Waals surface area contributed by atoms with Crippen molar-refractivity contribution in [2.45, 2.75) is 6.54 Å². The predicted octanol–water partition coefficient (Wildman–Crippen LogP) is 1.59. The lowest BCUT2D eigenvalue weighted by Crippen LogP contribution is -2.16. The lowest BCUT2D eigenvalue weighted by atomic mass is 10.1. The summed E-state index contributed by atoms with van der Waals surface area (Å²) < 4.78 is 16.9. The number of carbonyl (C=O) groups is 1. The molecule has 0 aliphatic carbocycles. The summed E-state index contributed by atoms with van der Waals surface area (Å²) in [5.41, 5.74) is 7.32. The van der Waals surface area contributed by atoms with Crippen LogP contribution in [0.25, 0.3) is 11.0 Å². The molecule has 0 aliphatic rings. The van der Waals surface area contributed by atoms with Gasteiger partial charge in [-0.25, -0.2) is 14.1 Å². The number of primary amides is 1. The minimum atomic E-state index is -0.630. The number of nitrogens with one attached hydrogen (secondary N) is 1. The first kappa shape index (κ1) is 16.6. The quantitative estimate of drug-likeness (QED) is 0.554. The number of carbonyl (C=O) groups excluding carboxylic acids is 1. The zero-order chi connectivity index (χ0) is 19.0. The Morgan fingerprint density at radius 1 is 1.26 bits per heavy atom. The summed E-state index contributed by atoms with van der Waals surface area (Å²) in [6, 6.07) is 3.83. The molecule has 1 aromatic carbocycles. The Kier molecular flexibility index (Phi) is 3.99. The Balaban J connectivity index is 1.69. The molecule has 0 saturated carbocycles. The molecule has 0 saturated heterocycles. The van der Waals surface area contributed by atoms with Gasteiger partial charge in [-0.05, 0) is 23.8 Å². The van der Waals surface area contributed by atoms with Crippen LogP contribution in [0.5, 0.6) is 0 Å². The van der Waals surface area contributed by atoms with E-state index in [1.807, 2.05) is 0 Å². The van der Waals surface area contributed by atoms with Crippen LogP contribution in [-0.2, 0) is 13.6 Å². The average Bonchev–Trinajstić information content (AvgIpc) is 3.21. The molecule has 4 rings (SSSR count). The lowest BCUT2D eigenvalue weighted by molar-refractivity contribution is 0.0999. The smallest absolute Gasteiger partial charge is 0.249 e. The number of anilines is 2. The van der Waals surface area contributed by atoms with Crippen LogP contribution in [0.1, 0.15) is 15.9 Å². The monoisotopic (exact) mass is 366 g/mol. The van der Waals surface area contributed by atoms with Gasteiger partial charge in [0.05, 0.1) is 30.0 Å². The van der Waals surface area contributed by atoms with Gasteiger partial charge in [-0.2, -0.15) is 15.2 Å². The van der Waals surface area contributed by atoms with E-state index in [4.69, 9.17) is 5.73 Å². The van der Waals surface area contributed by atoms with Crippen molar-refractivity contribution in [1.29, 1.82) is 0 Å². The number of hydrogen-bond acceptors (Lipinski definition) is 6. The Hall–Kier alpha value is -3.82. The molecule has 1 amide bonds. The van der Waals surface area contributed by atoms with Crippen molar-refractivity contribution in [3.8, 4) is 0 Å². The topological polar surface area (TPSA) is 117 Å². The average molecular weight is 366 g/mol. The molecule has 3 N–H and O–H groups in total. The molecule has 0 aliphatic heterocycles. The first-order valence-corrected chi connectivity index (χ1v) is 8.02. The Labute approximate surface area is 152 Å². The van der Waals surface area contributed by atoms with Gasteiger partial charge in [0.15, 0.2) is 5.65 Å². The van der Waals surface area contributed by atoms with Crippen LogP contribution in [0.2, 0.25) is 0 Å². The van der Waals surface area contributed by atoms with Crippen LogP contribution in [0.4, 0.5) is 16.0 Å². The molecule has 0 radical (unpaired) electrons. The number of aryl methyl sites for hydroxylation is 1. The molecule has 3 heterocycles. The van der Waals surface area contributed by atoms with Gasteiger partial charge in [-0.15, -0.1) is 0 Å². The largest absolute Gasteiger partial charge is 0.366 e. The summed E-state index contributed by atoms with van der Waals surface area (Å²) in [5.74, 6) is -0.721. The number of halogens is 1. The van der Waals surface area contributed by atoms with E-state index in [9.17, 15) is 9.18 Å². The second-order valence-electron chi connectivity index (χ2n) is 5.97. The number of aromatic nitrogens is 6. The number of rotatable bonds is 5. The van der Waals surface area contributed by atoms with Gasteiger partial charge in [0.2, 0.25) is 11.9 Å². The van der Waals surface area contributed by atoms with Crippen molar-refractivity contribution in [2.24, 2.45) is 12.8 Å². The molecule has 27 heavy (non-hydrogen) atoms. The number of amides is 1. The highest BCUT2D eigenvalue weighted by molar-refractivity contribution is 5.94. The van der Waals surface area contributed by atoms with Crippen LogP contribution in [0.15, 0.2) is 43.0 Å². The summed E-state index contributed by atoms with van der Waals surface area (Å²) >= 11 is 0. The van der Waals surface area contributed by atoms with Gasteiger partial charge in [0, 0.05) is 25.0 Å². The fraction of sp³-hybridized carbons (Fsp3) is 0.118. The molecule has 3 aromatic heterocycles. The maximum atomic E-state index is 13.6. The van der Waals surface area contributed by atoms with Crippen molar-refractivity contribution >= 4 is 28.6 Å². The first-order valence-electron chi connectivity index (χ1n) is 8.02. The summed E-state index contributed by atoms with van der Waals surface area (Å²) in [6.45, 7) is 0.142. The Morgan fingerprint density at radius 3 is 2.85 bits per heavy atom. The normalized spacial score (nSPS) is 11.0. The van der Waals surface area contributed by atoms with Gasteiger partial charge >= 0.3 is 0 Å². The molecule has 0 spiro atoms. The van der Waals surface area contributed by atoms with E-state index in [2.05, 4.69) is 25.5 Å². The predicted molar refractivity (Wildman–Crippen MR) is 95.8 cm³/mol. The minimum absolute atomic E-state index is 0.142. The van der Waals surface area contributed by atoms with Crippen molar-refractivity contribution in [3.63, 3.8) is 0 Å². The number of fused-ring (bicyclic) bond motifs is 1. The number of nitrogens with zero attached hydrogens (tertiary/aromatic N) is 6. The van der Waals surface area contributed by atoms with Crippen molar-refractivity contribution in [2.75, 3.05) is 5.32 Å². The van der Waals surface area contributed by atoms with E-state index in [0.717, 1.165) is 5.69 Å². The molecule has 0 fully saturated rings. The van der Waals surface area contributed by atoms with Crippen LogP contribution in [0.3, 0.4) is 0 Å². The van der Waals surface area contributed by atoms with Gasteiger partial charge in [0.25, 0.3) is 0 Å². The third-order valence-electron chi connectivity index (χ3n) is 3.99. The standard InChI is InChI=1S/C17H15FN8O/c1-25-9-13(7-21-25)23-17-20-5-11-6-22-26(16(11)24-17)8-10-4-12(18)2-3-14(10)15(19)27/h2-7,9H,8H2,1H3,(H2,19,27)(H,20,23,24). The van der Waals surface area contributed by atoms with Crippen LogP contribution in [-0.4, -0.2) is 35.4 Å². The second kappa shape index (κ2) is 6.48. The van der Waals surface area contributed by atoms with Gasteiger partial charge in [-0.3, -0.25) is 9.48 Å². The maximum Gasteiger partial charge on any atom is 0.249 e. The number of hydrogen-bond donors (Lipinski definition) is 2. The lowest BCUT2D eigenvalue weighted by Gasteiger charge is -2.08. The van der Waals surface area contributed by atoms with Crippen molar-refractivity contribution in [3.05, 3.63) is 59.9 Å². The van der Waals surface area contributed by atoms with E-state index in [-0.39, 0.29) is 12.1 Å². The zero-order valence-corrected chi connectivity index (χ0v) is 14.3. The van der Waals surface area contributed by atoms with E-state index >= 15 is 0 Å². The molecule has 0 atom stereocenters. The van der Waals surface area contributed by atoms with Gasteiger partial charge in [0.1, 0.15) is 5.82 Å². The summed E-state index contributed by atoms with van der Waals surface area (Å²) in [5, 5.41) is 12.1. The third kappa shape index (κ3) is 3.32. The van der Waals surface area contributed by atoms with Crippen LogP contribution >= 0.6 is 0 Å². The van der Waals surface area contributed by atoms with Crippen molar-refractivity contribution < 1.29 is 9.18 Å². The highest BCUT2D eigenvalue weighted by Crippen LogP contribution is 2.18. The Bertz CT molecular complexity index is 1150. The SMILES string of the molecule is Cn1cc(Nc2ncc3cnn(Cc4cc(F)ccc4C(N)=O)c3n2)cn1. The molecule has 4 aromatic rings. The van der Waals surface area contributed by atoms with Gasteiger partial charge in [-0.1, -0.05) is 0 Å². The van der Waals surface area contributed by atoms with E-state index < -0.39 is 11.7 Å². The highest BCUT2D eigenvalue weighted by Gasteiger charge is 2.13. The summed E-state index contributed by atoms with van der Waals surface area (Å²) in [4.78, 5) is 20.3. The summed E-state index contributed by atoms with van der Waals surface area (Å²) in [6.07, 6.45) is 6.67. The molecule has 0 bridgehead atoms. The third-order valence-corrected chi connectivity index (χ3v) is 3.99. The first-order chi connectivity index (χ1) is 13.0.